The Kier molecular flexibility index (Phi) is 10.1. The van der Waals surface area contributed by atoms with Gasteiger partial charge in [-0.1, -0.05) is 48.5 Å². The highest BCUT2D eigenvalue weighted by atomic mass is 19.1. The monoisotopic (exact) mass is 590 g/mol. The van der Waals surface area contributed by atoms with Crippen LogP contribution in [0.5, 0.6) is 0 Å². The van der Waals surface area contributed by atoms with Gasteiger partial charge in [0.05, 0.1) is 12.3 Å². The molecule has 0 radical (unpaired) electrons. The number of aryl methyl sites for hydroxylation is 1. The minimum absolute atomic E-state index is 0.173. The number of nitrogens with one attached hydrogen (secondary N) is 2. The number of hydrogen-bond acceptors (Lipinski definition) is 7. The molecule has 1 unspecified atom stereocenters. The van der Waals surface area contributed by atoms with Crippen LogP contribution < -0.4 is 10.6 Å². The molecule has 2 fully saturated rings. The van der Waals surface area contributed by atoms with Crippen molar-refractivity contribution < 1.29 is 19.1 Å². The Labute approximate surface area is 253 Å². The number of amides is 1. The van der Waals surface area contributed by atoms with E-state index in [9.17, 15) is 14.7 Å². The minimum atomic E-state index is -1.08. The third kappa shape index (κ3) is 7.61. The molecular weight excluding hydrogens is 547 g/mol. The highest BCUT2D eigenvalue weighted by Gasteiger charge is 2.34. The number of piperidine rings is 1. The number of halogens is 1. The summed E-state index contributed by atoms with van der Waals surface area (Å²) in [6, 6.07) is 14.8. The molecule has 2 aromatic rings. The zero-order valence-electron chi connectivity index (χ0n) is 25.1. The molecule has 0 aliphatic carbocycles. The number of aliphatic carboxylic acids is 1. The first-order valence-corrected chi connectivity index (χ1v) is 15.3. The van der Waals surface area contributed by atoms with Crippen LogP contribution in [0.2, 0.25) is 0 Å². The van der Waals surface area contributed by atoms with Crippen LogP contribution in [0.4, 0.5) is 4.39 Å². The Balaban J connectivity index is 1.19. The van der Waals surface area contributed by atoms with E-state index in [0.29, 0.717) is 25.9 Å². The lowest BCUT2D eigenvalue weighted by Crippen LogP contribution is -2.51. The Hall–Kier alpha value is -3.76. The quantitative estimate of drug-likeness (QED) is 0.368. The Bertz CT molecular complexity index is 1340. The molecule has 0 bridgehead atoms. The summed E-state index contributed by atoms with van der Waals surface area (Å²) < 4.78 is 15.7. The van der Waals surface area contributed by atoms with E-state index in [1.807, 2.05) is 41.3 Å². The summed E-state index contributed by atoms with van der Waals surface area (Å²) in [6.07, 6.45) is 4.91. The first-order valence-electron chi connectivity index (χ1n) is 15.3. The van der Waals surface area contributed by atoms with E-state index in [-0.39, 0.29) is 30.5 Å². The number of carbonyl (C=O) groups excluding carboxylic acids is 1. The predicted molar refractivity (Wildman–Crippen MR) is 166 cm³/mol. The SMILES string of the molecule is Cc1ccccc1-c1ccc(C[C@H](NC(=O)[C@@H]2CCCN(C3=C(F)C(NCCN4CCCC4)N(C)C=N3)C2)C(=O)O)cc1. The van der Waals surface area contributed by atoms with Crippen LogP contribution >= 0.6 is 0 Å². The van der Waals surface area contributed by atoms with E-state index in [2.05, 4.69) is 39.6 Å². The van der Waals surface area contributed by atoms with Crippen molar-refractivity contribution in [1.82, 2.24) is 25.3 Å². The molecule has 3 aliphatic rings. The molecule has 10 heteroatoms. The topological polar surface area (TPSA) is 101 Å². The molecule has 2 saturated heterocycles. The molecule has 2 aromatic carbocycles. The van der Waals surface area contributed by atoms with Crippen LogP contribution in [0.25, 0.3) is 11.1 Å². The molecule has 0 saturated carbocycles. The van der Waals surface area contributed by atoms with Crippen molar-refractivity contribution in [2.45, 2.75) is 51.2 Å². The van der Waals surface area contributed by atoms with Gasteiger partial charge in [-0.2, -0.15) is 0 Å². The van der Waals surface area contributed by atoms with Crippen LogP contribution in [-0.4, -0.2) is 96.5 Å². The third-order valence-corrected chi connectivity index (χ3v) is 8.74. The van der Waals surface area contributed by atoms with Crippen LogP contribution in [0.1, 0.15) is 36.8 Å². The first-order chi connectivity index (χ1) is 20.8. The number of carboxylic acids is 1. The van der Waals surface area contributed by atoms with Crippen LogP contribution in [-0.2, 0) is 16.0 Å². The van der Waals surface area contributed by atoms with Gasteiger partial charge in [0.25, 0.3) is 0 Å². The predicted octanol–water partition coefficient (Wildman–Crippen LogP) is 3.61. The summed E-state index contributed by atoms with van der Waals surface area (Å²) >= 11 is 0. The first kappa shape index (κ1) is 30.7. The summed E-state index contributed by atoms with van der Waals surface area (Å²) in [5.41, 5.74) is 4.18. The fourth-order valence-corrected chi connectivity index (χ4v) is 6.23. The van der Waals surface area contributed by atoms with Gasteiger partial charge in [0.2, 0.25) is 5.91 Å². The maximum absolute atomic E-state index is 15.7. The number of hydrogen-bond donors (Lipinski definition) is 3. The summed E-state index contributed by atoms with van der Waals surface area (Å²) in [7, 11) is 1.79. The molecule has 43 heavy (non-hydrogen) atoms. The molecule has 9 nitrogen and oxygen atoms in total. The number of aliphatic imine (C=N–C) groups is 1. The minimum Gasteiger partial charge on any atom is -0.480 e. The van der Waals surface area contributed by atoms with Gasteiger partial charge in [-0.25, -0.2) is 14.2 Å². The molecule has 3 heterocycles. The summed E-state index contributed by atoms with van der Waals surface area (Å²) in [4.78, 5) is 35.7. The van der Waals surface area contributed by atoms with Crippen LogP contribution in [0.3, 0.4) is 0 Å². The van der Waals surface area contributed by atoms with E-state index in [0.717, 1.165) is 36.3 Å². The van der Waals surface area contributed by atoms with Gasteiger partial charge in [-0.05, 0) is 68.0 Å². The lowest BCUT2D eigenvalue weighted by atomic mass is 9.95. The Morgan fingerprint density at radius 3 is 2.53 bits per heavy atom. The molecule has 5 rings (SSSR count). The Morgan fingerprint density at radius 1 is 1.07 bits per heavy atom. The second-order valence-electron chi connectivity index (χ2n) is 11.9. The van der Waals surface area contributed by atoms with E-state index < -0.39 is 24.1 Å². The molecule has 1 amide bonds. The summed E-state index contributed by atoms with van der Waals surface area (Å²) in [5.74, 6) is -1.98. The van der Waals surface area contributed by atoms with Crippen molar-refractivity contribution in [1.29, 1.82) is 0 Å². The van der Waals surface area contributed by atoms with E-state index in [1.165, 1.54) is 18.4 Å². The number of benzene rings is 2. The van der Waals surface area contributed by atoms with Crippen molar-refractivity contribution >= 4 is 18.2 Å². The van der Waals surface area contributed by atoms with E-state index in [1.54, 1.807) is 18.3 Å². The van der Waals surface area contributed by atoms with Crippen LogP contribution in [0, 0.1) is 12.8 Å². The van der Waals surface area contributed by atoms with Crippen molar-refractivity contribution in [2.24, 2.45) is 10.9 Å². The molecule has 0 spiro atoms. The van der Waals surface area contributed by atoms with Gasteiger partial charge in [0.1, 0.15) is 12.2 Å². The number of rotatable bonds is 11. The summed E-state index contributed by atoms with van der Waals surface area (Å²) in [6.45, 7) is 6.65. The maximum atomic E-state index is 15.7. The fraction of sp³-hybridized carbons (Fsp3) is 0.485. The summed E-state index contributed by atoms with van der Waals surface area (Å²) in [5, 5.41) is 16.0. The third-order valence-electron chi connectivity index (χ3n) is 8.74. The second kappa shape index (κ2) is 14.1. The van der Waals surface area contributed by atoms with Gasteiger partial charge in [0.15, 0.2) is 11.6 Å². The van der Waals surface area contributed by atoms with E-state index in [4.69, 9.17) is 0 Å². The second-order valence-corrected chi connectivity index (χ2v) is 11.9. The Morgan fingerprint density at radius 2 is 1.81 bits per heavy atom. The lowest BCUT2D eigenvalue weighted by molar-refractivity contribution is -0.142. The highest BCUT2D eigenvalue weighted by Crippen LogP contribution is 2.28. The molecule has 3 N–H and O–H groups in total. The number of nitrogens with zero attached hydrogens (tertiary/aromatic N) is 4. The fourth-order valence-electron chi connectivity index (χ4n) is 6.23. The standard InChI is InChI=1S/C33H43FN6O3/c1-23-8-3-4-10-27(23)25-13-11-24(12-14-25)20-28(33(42)43)37-32(41)26-9-7-18-40(21-26)31-29(34)30(38(2)22-36-31)35-15-19-39-16-5-6-17-39/h3-4,8,10-14,22,26,28,30,35H,5-7,9,15-21H2,1-2H3,(H,37,41)(H,42,43)/t26-,28+,30?/m1/s1. The van der Waals surface area contributed by atoms with Gasteiger partial charge < -0.3 is 25.1 Å². The zero-order valence-corrected chi connectivity index (χ0v) is 25.1. The van der Waals surface area contributed by atoms with Crippen LogP contribution in [0.15, 0.2) is 65.2 Å². The molecule has 230 valence electrons. The number of likely N-dealkylation sites (N-methyl/N-ethyl adjacent to an activating group) is 1. The number of carboxylic acid groups (broad SMARTS) is 1. The van der Waals surface area contributed by atoms with Gasteiger partial charge >= 0.3 is 5.97 Å². The molecular formula is C33H43FN6O3. The normalized spacial score (nSPS) is 21.7. The van der Waals surface area contributed by atoms with Crippen molar-refractivity contribution in [3.05, 3.63) is 71.3 Å². The molecule has 3 aliphatic heterocycles. The molecule has 3 atom stereocenters. The smallest absolute Gasteiger partial charge is 0.326 e. The van der Waals surface area contributed by atoms with Crippen molar-refractivity contribution in [3.63, 3.8) is 0 Å². The van der Waals surface area contributed by atoms with Gasteiger partial charge in [0, 0.05) is 39.6 Å². The zero-order chi connectivity index (χ0) is 30.3. The lowest BCUT2D eigenvalue weighted by Gasteiger charge is -2.38. The van der Waals surface area contributed by atoms with Gasteiger partial charge in [-0.3, -0.25) is 10.1 Å². The van der Waals surface area contributed by atoms with Crippen molar-refractivity contribution in [3.8, 4) is 11.1 Å². The largest absolute Gasteiger partial charge is 0.480 e. The number of likely N-dealkylation sites (tertiary alicyclic amines) is 2. The maximum Gasteiger partial charge on any atom is 0.326 e. The van der Waals surface area contributed by atoms with Crippen molar-refractivity contribution in [2.75, 3.05) is 46.3 Å². The highest BCUT2D eigenvalue weighted by molar-refractivity contribution is 5.85. The number of carbonyl (C=O) groups is 2. The van der Waals surface area contributed by atoms with E-state index >= 15 is 4.39 Å². The average Bonchev–Trinajstić information content (AvgIpc) is 3.53. The average molecular weight is 591 g/mol. The van der Waals surface area contributed by atoms with Gasteiger partial charge in [-0.15, -0.1) is 0 Å². The molecule has 0 aromatic heterocycles.